The van der Waals surface area contributed by atoms with Crippen molar-refractivity contribution in [2.45, 2.75) is 37.2 Å². The number of ether oxygens (including phenoxy) is 2. The summed E-state index contributed by atoms with van der Waals surface area (Å²) in [5.41, 5.74) is 0. The van der Waals surface area contributed by atoms with Crippen molar-refractivity contribution in [3.05, 3.63) is 46.7 Å². The SMILES string of the molecule is CCOc1ccc(S(=O)(=O)N(Cc2cccs2)C2CCOCC2)cc1. The maximum atomic E-state index is 13.3. The molecule has 2 aromatic rings. The molecule has 1 fully saturated rings. The molecule has 0 aliphatic carbocycles. The highest BCUT2D eigenvalue weighted by molar-refractivity contribution is 7.89. The minimum atomic E-state index is -3.58. The topological polar surface area (TPSA) is 55.8 Å². The van der Waals surface area contributed by atoms with Gasteiger partial charge in [-0.1, -0.05) is 6.07 Å². The molecule has 0 radical (unpaired) electrons. The third-order valence-electron chi connectivity index (χ3n) is 4.23. The van der Waals surface area contributed by atoms with Crippen LogP contribution in [0.2, 0.25) is 0 Å². The molecule has 1 aromatic carbocycles. The van der Waals surface area contributed by atoms with E-state index in [2.05, 4.69) is 0 Å². The Balaban J connectivity index is 1.89. The molecule has 0 N–H and O–H groups in total. The summed E-state index contributed by atoms with van der Waals surface area (Å²) in [6.07, 6.45) is 1.45. The first-order chi connectivity index (χ1) is 12.1. The van der Waals surface area contributed by atoms with Crippen LogP contribution in [0.15, 0.2) is 46.7 Å². The average molecular weight is 382 g/mol. The predicted molar refractivity (Wildman–Crippen MR) is 98.5 cm³/mol. The third-order valence-corrected chi connectivity index (χ3v) is 7.00. The lowest BCUT2D eigenvalue weighted by Gasteiger charge is -2.33. The first-order valence-electron chi connectivity index (χ1n) is 8.46. The second-order valence-corrected chi connectivity index (χ2v) is 8.80. The number of rotatable bonds is 7. The molecule has 0 bridgehead atoms. The van der Waals surface area contributed by atoms with Gasteiger partial charge in [0.1, 0.15) is 5.75 Å². The van der Waals surface area contributed by atoms with Crippen molar-refractivity contribution in [3.63, 3.8) is 0 Å². The van der Waals surface area contributed by atoms with Crippen molar-refractivity contribution in [2.24, 2.45) is 0 Å². The van der Waals surface area contributed by atoms with Gasteiger partial charge in [0.25, 0.3) is 0 Å². The molecule has 0 amide bonds. The summed E-state index contributed by atoms with van der Waals surface area (Å²) in [5.74, 6) is 0.678. The Morgan fingerprint density at radius 1 is 1.20 bits per heavy atom. The molecule has 25 heavy (non-hydrogen) atoms. The number of hydrogen-bond acceptors (Lipinski definition) is 5. The quantitative estimate of drug-likeness (QED) is 0.736. The highest BCUT2D eigenvalue weighted by Gasteiger charge is 2.33. The van der Waals surface area contributed by atoms with Crippen LogP contribution in [-0.4, -0.2) is 38.6 Å². The van der Waals surface area contributed by atoms with Crippen LogP contribution >= 0.6 is 11.3 Å². The summed E-state index contributed by atoms with van der Waals surface area (Å²) in [6.45, 7) is 4.06. The summed E-state index contributed by atoms with van der Waals surface area (Å²) in [7, 11) is -3.58. The van der Waals surface area contributed by atoms with Gasteiger partial charge in [0.05, 0.1) is 11.5 Å². The molecule has 0 unspecified atom stereocenters. The lowest BCUT2D eigenvalue weighted by Crippen LogP contribution is -2.42. The van der Waals surface area contributed by atoms with Crippen molar-refractivity contribution >= 4 is 21.4 Å². The van der Waals surface area contributed by atoms with Crippen molar-refractivity contribution in [2.75, 3.05) is 19.8 Å². The zero-order valence-corrected chi connectivity index (χ0v) is 15.9. The van der Waals surface area contributed by atoms with E-state index in [4.69, 9.17) is 9.47 Å². The average Bonchev–Trinajstić information content (AvgIpc) is 3.14. The van der Waals surface area contributed by atoms with E-state index in [9.17, 15) is 8.42 Å². The Hall–Kier alpha value is -1.41. The maximum absolute atomic E-state index is 13.3. The first kappa shape index (κ1) is 18.4. The van der Waals surface area contributed by atoms with Gasteiger partial charge in [-0.15, -0.1) is 11.3 Å². The zero-order valence-electron chi connectivity index (χ0n) is 14.3. The summed E-state index contributed by atoms with van der Waals surface area (Å²) in [6, 6.07) is 10.6. The minimum absolute atomic E-state index is 0.0348. The van der Waals surface area contributed by atoms with Gasteiger partial charge in [0, 0.05) is 30.7 Å². The van der Waals surface area contributed by atoms with Crippen LogP contribution in [0.3, 0.4) is 0 Å². The van der Waals surface area contributed by atoms with Crippen molar-refractivity contribution < 1.29 is 17.9 Å². The van der Waals surface area contributed by atoms with Gasteiger partial charge in [-0.3, -0.25) is 0 Å². The maximum Gasteiger partial charge on any atom is 0.243 e. The van der Waals surface area contributed by atoms with Gasteiger partial charge >= 0.3 is 0 Å². The fourth-order valence-corrected chi connectivity index (χ4v) is 5.40. The van der Waals surface area contributed by atoms with Gasteiger partial charge in [-0.2, -0.15) is 4.31 Å². The van der Waals surface area contributed by atoms with Crippen LogP contribution in [0.4, 0.5) is 0 Å². The van der Waals surface area contributed by atoms with E-state index in [0.29, 0.717) is 37.0 Å². The van der Waals surface area contributed by atoms with Crippen LogP contribution in [-0.2, 0) is 21.3 Å². The van der Waals surface area contributed by atoms with Crippen LogP contribution in [0.1, 0.15) is 24.6 Å². The monoisotopic (exact) mass is 381 g/mol. The van der Waals surface area contributed by atoms with E-state index in [1.54, 1.807) is 39.9 Å². The number of nitrogens with zero attached hydrogens (tertiary/aromatic N) is 1. The van der Waals surface area contributed by atoms with Crippen LogP contribution < -0.4 is 4.74 Å². The molecule has 1 aliphatic heterocycles. The van der Waals surface area contributed by atoms with E-state index in [0.717, 1.165) is 17.7 Å². The molecule has 7 heteroatoms. The molecule has 1 saturated heterocycles. The number of benzene rings is 1. The molecular weight excluding hydrogens is 358 g/mol. The molecule has 2 heterocycles. The Bertz CT molecular complexity index is 751. The van der Waals surface area contributed by atoms with Gasteiger partial charge in [-0.05, 0) is 55.5 Å². The first-order valence-corrected chi connectivity index (χ1v) is 10.8. The van der Waals surface area contributed by atoms with Crippen molar-refractivity contribution in [3.8, 4) is 5.75 Å². The fourth-order valence-electron chi connectivity index (χ4n) is 2.95. The Labute approximate surface area is 153 Å². The largest absolute Gasteiger partial charge is 0.494 e. The summed E-state index contributed by atoms with van der Waals surface area (Å²) in [4.78, 5) is 1.35. The summed E-state index contributed by atoms with van der Waals surface area (Å²) < 4.78 is 39.0. The van der Waals surface area contributed by atoms with Crippen molar-refractivity contribution in [1.82, 2.24) is 4.31 Å². The third kappa shape index (κ3) is 4.41. The Morgan fingerprint density at radius 2 is 1.92 bits per heavy atom. The van der Waals surface area contributed by atoms with Crippen LogP contribution in [0.25, 0.3) is 0 Å². The number of hydrogen-bond donors (Lipinski definition) is 0. The number of thiophene rings is 1. The molecule has 0 atom stereocenters. The molecule has 0 spiro atoms. The van der Waals surface area contributed by atoms with Crippen molar-refractivity contribution in [1.29, 1.82) is 0 Å². The molecule has 136 valence electrons. The molecule has 5 nitrogen and oxygen atoms in total. The molecule has 3 rings (SSSR count). The van der Waals surface area contributed by atoms with Gasteiger partial charge in [0.2, 0.25) is 10.0 Å². The van der Waals surface area contributed by atoms with Crippen LogP contribution in [0.5, 0.6) is 5.75 Å². The molecule has 0 saturated carbocycles. The van der Waals surface area contributed by atoms with E-state index < -0.39 is 10.0 Å². The fraction of sp³-hybridized carbons (Fsp3) is 0.444. The molecule has 1 aliphatic rings. The predicted octanol–water partition coefficient (Wildman–Crippen LogP) is 3.52. The van der Waals surface area contributed by atoms with Crippen LogP contribution in [0, 0.1) is 0 Å². The minimum Gasteiger partial charge on any atom is -0.494 e. The smallest absolute Gasteiger partial charge is 0.243 e. The van der Waals surface area contributed by atoms with Gasteiger partial charge in [0.15, 0.2) is 0 Å². The molecule has 1 aromatic heterocycles. The second kappa shape index (κ2) is 8.31. The molecular formula is C18H23NO4S2. The highest BCUT2D eigenvalue weighted by Crippen LogP contribution is 2.28. The highest BCUT2D eigenvalue weighted by atomic mass is 32.2. The van der Waals surface area contributed by atoms with E-state index in [1.165, 1.54) is 0 Å². The number of sulfonamides is 1. The standard InChI is InChI=1S/C18H23NO4S2/c1-2-23-16-5-7-18(8-6-16)25(20,21)19(14-17-4-3-13-24-17)15-9-11-22-12-10-15/h3-8,13,15H,2,9-12,14H2,1H3. The van der Waals surface area contributed by atoms with Gasteiger partial charge in [-0.25, -0.2) is 8.42 Å². The normalized spacial score (nSPS) is 16.2. The zero-order chi connectivity index (χ0) is 17.7. The Kier molecular flexibility index (Phi) is 6.11. The Morgan fingerprint density at radius 3 is 2.52 bits per heavy atom. The lowest BCUT2D eigenvalue weighted by atomic mass is 10.1. The van der Waals surface area contributed by atoms with Gasteiger partial charge < -0.3 is 9.47 Å². The van der Waals surface area contributed by atoms with E-state index in [1.807, 2.05) is 24.4 Å². The second-order valence-electron chi connectivity index (χ2n) is 5.88. The van der Waals surface area contributed by atoms with E-state index >= 15 is 0 Å². The van der Waals surface area contributed by atoms with E-state index in [-0.39, 0.29) is 6.04 Å². The lowest BCUT2D eigenvalue weighted by molar-refractivity contribution is 0.0571. The summed E-state index contributed by atoms with van der Waals surface area (Å²) >= 11 is 1.58. The summed E-state index contributed by atoms with van der Waals surface area (Å²) in [5, 5.41) is 1.97.